The summed E-state index contributed by atoms with van der Waals surface area (Å²) in [7, 11) is 0. The summed E-state index contributed by atoms with van der Waals surface area (Å²) in [6.45, 7) is 0.543. The lowest BCUT2D eigenvalue weighted by Crippen LogP contribution is -2.12. The summed E-state index contributed by atoms with van der Waals surface area (Å²) in [6, 6.07) is 0. The van der Waals surface area contributed by atoms with Gasteiger partial charge in [0.1, 0.15) is 0 Å². The highest BCUT2D eigenvalue weighted by Gasteiger charge is 2.14. The van der Waals surface area contributed by atoms with Crippen LogP contribution in [0.15, 0.2) is 10.9 Å². The van der Waals surface area contributed by atoms with Crippen LogP contribution in [0.3, 0.4) is 0 Å². The number of carbonyl (C=O) groups is 1. The number of aromatic nitrogens is 1. The van der Waals surface area contributed by atoms with Crippen molar-refractivity contribution in [1.82, 2.24) is 4.98 Å². The number of hydrogen-bond acceptors (Lipinski definition) is 4. The number of nitrogens with zero attached hydrogens (tertiary/aromatic N) is 1. The van der Waals surface area contributed by atoms with Crippen LogP contribution in [0.5, 0.6) is 0 Å². The van der Waals surface area contributed by atoms with Gasteiger partial charge in [0.2, 0.25) is 0 Å². The summed E-state index contributed by atoms with van der Waals surface area (Å²) in [6.07, 6.45) is 7.66. The van der Waals surface area contributed by atoms with E-state index in [4.69, 9.17) is 4.74 Å². The third-order valence-corrected chi connectivity index (χ3v) is 3.71. The Morgan fingerprint density at radius 2 is 2.25 bits per heavy atom. The van der Waals surface area contributed by atoms with Crippen molar-refractivity contribution < 1.29 is 9.53 Å². The quantitative estimate of drug-likeness (QED) is 0.757. The first-order chi connectivity index (χ1) is 7.86. The molecule has 16 heavy (non-hydrogen) atoms. The third-order valence-electron chi connectivity index (χ3n) is 3.13. The zero-order chi connectivity index (χ0) is 11.2. The molecular weight excluding hydrogens is 222 g/mol. The van der Waals surface area contributed by atoms with Gasteiger partial charge in [0, 0.05) is 5.38 Å². The Morgan fingerprint density at radius 3 is 2.94 bits per heavy atom. The zero-order valence-corrected chi connectivity index (χ0v) is 10.2. The second kappa shape index (κ2) is 5.99. The lowest BCUT2D eigenvalue weighted by molar-refractivity contribution is 0.0469. The van der Waals surface area contributed by atoms with Gasteiger partial charge in [0.05, 0.1) is 12.1 Å². The highest BCUT2D eigenvalue weighted by atomic mass is 32.1. The molecule has 1 aromatic rings. The average Bonchev–Trinajstić information content (AvgIpc) is 2.84. The van der Waals surface area contributed by atoms with Gasteiger partial charge in [-0.15, -0.1) is 11.3 Å². The van der Waals surface area contributed by atoms with Gasteiger partial charge in [-0.3, -0.25) is 0 Å². The first-order valence-electron chi connectivity index (χ1n) is 5.91. The lowest BCUT2D eigenvalue weighted by atomic mass is 9.87. The van der Waals surface area contributed by atoms with Crippen molar-refractivity contribution >= 4 is 17.3 Å². The molecule has 0 N–H and O–H groups in total. The molecule has 0 aromatic carbocycles. The Morgan fingerprint density at radius 1 is 1.44 bits per heavy atom. The van der Waals surface area contributed by atoms with E-state index in [2.05, 4.69) is 4.98 Å². The van der Waals surface area contributed by atoms with Gasteiger partial charge in [-0.25, -0.2) is 9.78 Å². The van der Waals surface area contributed by atoms with E-state index in [1.54, 1.807) is 10.9 Å². The Kier molecular flexibility index (Phi) is 4.34. The summed E-state index contributed by atoms with van der Waals surface area (Å²) in [4.78, 5) is 15.4. The van der Waals surface area contributed by atoms with E-state index in [0.29, 0.717) is 12.3 Å². The molecule has 1 fully saturated rings. The van der Waals surface area contributed by atoms with Crippen LogP contribution >= 0.6 is 11.3 Å². The molecule has 0 saturated heterocycles. The molecule has 0 amide bonds. The summed E-state index contributed by atoms with van der Waals surface area (Å²) in [5.41, 5.74) is 2.09. The third kappa shape index (κ3) is 3.30. The molecule has 1 heterocycles. The lowest BCUT2D eigenvalue weighted by Gasteiger charge is -2.20. The van der Waals surface area contributed by atoms with Gasteiger partial charge >= 0.3 is 5.97 Å². The summed E-state index contributed by atoms with van der Waals surface area (Å²) < 4.78 is 5.19. The van der Waals surface area contributed by atoms with Gasteiger partial charge < -0.3 is 4.74 Å². The fourth-order valence-corrected chi connectivity index (χ4v) is 2.70. The molecule has 1 saturated carbocycles. The minimum Gasteiger partial charge on any atom is -0.461 e. The van der Waals surface area contributed by atoms with Gasteiger partial charge in [-0.2, -0.15) is 0 Å². The first-order valence-corrected chi connectivity index (χ1v) is 6.86. The van der Waals surface area contributed by atoms with Crippen LogP contribution in [0.2, 0.25) is 0 Å². The minimum absolute atomic E-state index is 0.281. The highest BCUT2D eigenvalue weighted by Crippen LogP contribution is 2.26. The van der Waals surface area contributed by atoms with Crippen molar-refractivity contribution in [2.24, 2.45) is 5.92 Å². The maximum absolute atomic E-state index is 11.5. The molecule has 0 radical (unpaired) electrons. The summed E-state index contributed by atoms with van der Waals surface area (Å²) in [5, 5.41) is 1.73. The van der Waals surface area contributed by atoms with Gasteiger partial charge in [-0.1, -0.05) is 32.1 Å². The van der Waals surface area contributed by atoms with Crippen LogP contribution < -0.4 is 0 Å². The number of ether oxygens (including phenoxy) is 1. The Bertz CT molecular complexity index is 318. The molecule has 0 aliphatic heterocycles. The maximum atomic E-state index is 11.5. The largest absolute Gasteiger partial charge is 0.461 e. The SMILES string of the molecule is O=C(OCCC1CCCCC1)c1cscn1. The van der Waals surface area contributed by atoms with Crippen LogP contribution in [-0.2, 0) is 4.74 Å². The van der Waals surface area contributed by atoms with E-state index in [-0.39, 0.29) is 5.97 Å². The number of esters is 1. The second-order valence-electron chi connectivity index (χ2n) is 4.30. The maximum Gasteiger partial charge on any atom is 0.357 e. The first kappa shape index (κ1) is 11.6. The molecule has 0 bridgehead atoms. The summed E-state index contributed by atoms with van der Waals surface area (Å²) >= 11 is 1.42. The van der Waals surface area contributed by atoms with Crippen molar-refractivity contribution in [2.45, 2.75) is 38.5 Å². The molecule has 4 heteroatoms. The fourth-order valence-electron chi connectivity index (χ4n) is 2.18. The van der Waals surface area contributed by atoms with Crippen molar-refractivity contribution in [3.05, 3.63) is 16.6 Å². The number of thiazole rings is 1. The Labute approximate surface area is 99.8 Å². The van der Waals surface area contributed by atoms with E-state index >= 15 is 0 Å². The molecule has 0 unspecified atom stereocenters. The predicted octanol–water partition coefficient (Wildman–Crippen LogP) is 3.27. The topological polar surface area (TPSA) is 39.2 Å². The molecule has 88 valence electrons. The standard InChI is InChI=1S/C12H17NO2S/c14-12(11-8-16-9-13-11)15-7-6-10-4-2-1-3-5-10/h8-10H,1-7H2. The molecular formula is C12H17NO2S. The molecule has 1 aromatic heterocycles. The van der Waals surface area contributed by atoms with E-state index in [1.165, 1.54) is 43.4 Å². The van der Waals surface area contributed by atoms with Crippen molar-refractivity contribution in [1.29, 1.82) is 0 Å². The predicted molar refractivity (Wildman–Crippen MR) is 63.6 cm³/mol. The number of rotatable bonds is 4. The van der Waals surface area contributed by atoms with Gasteiger partial charge in [0.15, 0.2) is 5.69 Å². The highest BCUT2D eigenvalue weighted by molar-refractivity contribution is 7.07. The monoisotopic (exact) mass is 239 g/mol. The molecule has 2 rings (SSSR count). The molecule has 1 aliphatic rings. The van der Waals surface area contributed by atoms with E-state index in [1.807, 2.05) is 0 Å². The van der Waals surface area contributed by atoms with Crippen LogP contribution in [0.25, 0.3) is 0 Å². The zero-order valence-electron chi connectivity index (χ0n) is 9.35. The van der Waals surface area contributed by atoms with Gasteiger partial charge in [-0.05, 0) is 12.3 Å². The fraction of sp³-hybridized carbons (Fsp3) is 0.667. The Hall–Kier alpha value is -0.900. The van der Waals surface area contributed by atoms with E-state index in [0.717, 1.165) is 12.3 Å². The van der Waals surface area contributed by atoms with Crippen molar-refractivity contribution in [3.8, 4) is 0 Å². The molecule has 0 spiro atoms. The normalized spacial score (nSPS) is 17.2. The van der Waals surface area contributed by atoms with Crippen LogP contribution in [-0.4, -0.2) is 17.6 Å². The molecule has 1 aliphatic carbocycles. The van der Waals surface area contributed by atoms with Gasteiger partial charge in [0.25, 0.3) is 0 Å². The smallest absolute Gasteiger partial charge is 0.357 e. The van der Waals surface area contributed by atoms with Crippen LogP contribution in [0.1, 0.15) is 49.0 Å². The summed E-state index contributed by atoms with van der Waals surface area (Å²) in [5.74, 6) is 0.481. The van der Waals surface area contributed by atoms with Crippen LogP contribution in [0.4, 0.5) is 0 Å². The average molecular weight is 239 g/mol. The number of carbonyl (C=O) groups excluding carboxylic acids is 1. The number of hydrogen-bond donors (Lipinski definition) is 0. The second-order valence-corrected chi connectivity index (χ2v) is 5.02. The van der Waals surface area contributed by atoms with E-state index in [9.17, 15) is 4.79 Å². The molecule has 3 nitrogen and oxygen atoms in total. The van der Waals surface area contributed by atoms with Crippen LogP contribution in [0, 0.1) is 5.92 Å². The van der Waals surface area contributed by atoms with Crippen molar-refractivity contribution in [3.63, 3.8) is 0 Å². The Balaban J connectivity index is 1.66. The van der Waals surface area contributed by atoms with Crippen molar-refractivity contribution in [2.75, 3.05) is 6.61 Å². The molecule has 0 atom stereocenters. The minimum atomic E-state index is -0.281. The van der Waals surface area contributed by atoms with E-state index < -0.39 is 0 Å².